The van der Waals surface area contributed by atoms with Gasteiger partial charge in [0.15, 0.2) is 22.2 Å². The van der Waals surface area contributed by atoms with E-state index in [9.17, 15) is 9.59 Å². The van der Waals surface area contributed by atoms with Crippen LogP contribution in [0.25, 0.3) is 21.8 Å². The van der Waals surface area contributed by atoms with Crippen molar-refractivity contribution in [2.45, 2.75) is 6.61 Å². The molecular weight excluding hydrogens is 468 g/mol. The van der Waals surface area contributed by atoms with E-state index in [-0.39, 0.29) is 17.9 Å². The number of hydrogen-bond donors (Lipinski definition) is 0. The second-order valence-electron chi connectivity index (χ2n) is 7.46. The van der Waals surface area contributed by atoms with Gasteiger partial charge in [0.1, 0.15) is 6.61 Å². The Morgan fingerprint density at radius 3 is 2.60 bits per heavy atom. The molecule has 176 valence electrons. The summed E-state index contributed by atoms with van der Waals surface area (Å²) in [5.41, 5.74) is 2.29. The number of hydrogen-bond acceptors (Lipinski definition) is 8. The monoisotopic (exact) mass is 488 g/mol. The highest BCUT2D eigenvalue weighted by molar-refractivity contribution is 7.15. The number of para-hydroxylation sites is 1. The van der Waals surface area contributed by atoms with Gasteiger partial charge in [0.25, 0.3) is 5.56 Å². The van der Waals surface area contributed by atoms with Crippen molar-refractivity contribution < 1.29 is 19.0 Å². The summed E-state index contributed by atoms with van der Waals surface area (Å²) in [7, 11) is 3.10. The lowest BCUT2D eigenvalue weighted by Gasteiger charge is -2.09. The average molecular weight is 489 g/mol. The number of thiazole rings is 1. The summed E-state index contributed by atoms with van der Waals surface area (Å²) in [6.45, 7) is -0.161. The van der Waals surface area contributed by atoms with E-state index in [2.05, 4.69) is 10.1 Å². The zero-order valence-corrected chi connectivity index (χ0v) is 19.7. The highest BCUT2D eigenvalue weighted by Gasteiger charge is 2.22. The Bertz CT molecular complexity index is 1570. The van der Waals surface area contributed by atoms with Gasteiger partial charge in [0.2, 0.25) is 0 Å². The number of carbonyl (C=O) groups is 1. The van der Waals surface area contributed by atoms with Crippen molar-refractivity contribution in [2.75, 3.05) is 14.2 Å². The molecule has 0 radical (unpaired) electrons. The Labute approximate surface area is 203 Å². The van der Waals surface area contributed by atoms with Crippen molar-refractivity contribution in [1.82, 2.24) is 19.2 Å². The lowest BCUT2D eigenvalue weighted by Crippen LogP contribution is -2.15. The molecular formula is C25H20N4O5S. The smallest absolute Gasteiger partial charge is 0.359 e. The van der Waals surface area contributed by atoms with Crippen LogP contribution < -0.4 is 15.0 Å². The maximum absolute atomic E-state index is 13.2. The first kappa shape index (κ1) is 22.4. The van der Waals surface area contributed by atoms with Crippen LogP contribution in [0.4, 0.5) is 0 Å². The molecule has 0 aliphatic rings. The van der Waals surface area contributed by atoms with Crippen LogP contribution in [-0.4, -0.2) is 39.4 Å². The molecule has 0 amide bonds. The van der Waals surface area contributed by atoms with Crippen LogP contribution in [0.3, 0.4) is 0 Å². The van der Waals surface area contributed by atoms with Gasteiger partial charge in [-0.2, -0.15) is 5.10 Å². The molecule has 0 aliphatic carbocycles. The fourth-order valence-electron chi connectivity index (χ4n) is 3.62. The zero-order valence-electron chi connectivity index (χ0n) is 18.9. The van der Waals surface area contributed by atoms with Crippen molar-refractivity contribution in [2.24, 2.45) is 0 Å². The van der Waals surface area contributed by atoms with Gasteiger partial charge in [-0.15, -0.1) is 11.3 Å². The van der Waals surface area contributed by atoms with Crippen LogP contribution in [0, 0.1) is 0 Å². The van der Waals surface area contributed by atoms with E-state index in [0.29, 0.717) is 33.3 Å². The first-order valence-corrected chi connectivity index (χ1v) is 11.5. The Morgan fingerprint density at radius 2 is 1.83 bits per heavy atom. The third-order valence-corrected chi connectivity index (χ3v) is 6.09. The topological polar surface area (TPSA) is 97.0 Å². The minimum Gasteiger partial charge on any atom is -0.493 e. The van der Waals surface area contributed by atoms with Crippen LogP contribution in [0.2, 0.25) is 0 Å². The molecule has 0 unspecified atom stereocenters. The van der Waals surface area contributed by atoms with E-state index in [1.807, 2.05) is 36.4 Å². The number of aromatic nitrogens is 4. The molecule has 0 spiro atoms. The zero-order chi connectivity index (χ0) is 24.4. The first-order chi connectivity index (χ1) is 17.1. The quantitative estimate of drug-likeness (QED) is 0.320. The summed E-state index contributed by atoms with van der Waals surface area (Å²) >= 11 is 1.33. The average Bonchev–Trinajstić information content (AvgIpc) is 3.55. The molecule has 10 heteroatoms. The third kappa shape index (κ3) is 4.38. The van der Waals surface area contributed by atoms with Crippen molar-refractivity contribution in [3.8, 4) is 28.3 Å². The molecule has 5 rings (SSSR count). The first-order valence-electron chi connectivity index (χ1n) is 10.6. The van der Waals surface area contributed by atoms with Crippen LogP contribution in [-0.2, 0) is 11.3 Å². The maximum Gasteiger partial charge on any atom is 0.359 e. The number of carbonyl (C=O) groups excluding carboxylic acids is 1. The number of rotatable bonds is 7. The summed E-state index contributed by atoms with van der Waals surface area (Å²) < 4.78 is 19.3. The predicted molar refractivity (Wildman–Crippen MR) is 131 cm³/mol. The van der Waals surface area contributed by atoms with E-state index >= 15 is 0 Å². The molecule has 35 heavy (non-hydrogen) atoms. The number of esters is 1. The van der Waals surface area contributed by atoms with E-state index in [4.69, 9.17) is 14.2 Å². The molecule has 0 N–H and O–H groups in total. The molecule has 0 bridgehead atoms. The van der Waals surface area contributed by atoms with Crippen LogP contribution >= 0.6 is 11.3 Å². The van der Waals surface area contributed by atoms with Crippen molar-refractivity contribution in [1.29, 1.82) is 0 Å². The van der Waals surface area contributed by atoms with Crippen LogP contribution in [0.1, 0.15) is 16.2 Å². The fourth-order valence-corrected chi connectivity index (χ4v) is 4.36. The standard InChI is InChI=1S/C25H20N4O5S/c1-32-20-9-8-16(12-21(20)33-2)19-14-29(18-6-4-3-5-7-18)27-23(19)24(31)34-15-17-13-22(30)28-10-11-35-25(28)26-17/h3-14H,15H2,1-2H3. The van der Waals surface area contributed by atoms with Gasteiger partial charge < -0.3 is 14.2 Å². The van der Waals surface area contributed by atoms with Crippen molar-refractivity contribution in [3.05, 3.63) is 94.1 Å². The molecule has 0 saturated carbocycles. The molecule has 0 atom stereocenters. The number of nitrogens with zero attached hydrogens (tertiary/aromatic N) is 4. The molecule has 2 aromatic carbocycles. The Morgan fingerprint density at radius 1 is 1.03 bits per heavy atom. The Kier molecular flexibility index (Phi) is 6.02. The van der Waals surface area contributed by atoms with E-state index < -0.39 is 5.97 Å². The minimum absolute atomic E-state index is 0.120. The molecule has 0 fully saturated rings. The van der Waals surface area contributed by atoms with E-state index in [1.165, 1.54) is 21.8 Å². The normalized spacial score (nSPS) is 10.9. The number of fused-ring (bicyclic) bond motifs is 1. The highest BCUT2D eigenvalue weighted by atomic mass is 32.1. The summed E-state index contributed by atoms with van der Waals surface area (Å²) in [6.07, 6.45) is 3.41. The van der Waals surface area contributed by atoms with Gasteiger partial charge in [-0.05, 0) is 29.8 Å². The van der Waals surface area contributed by atoms with E-state index in [1.54, 1.807) is 48.8 Å². The second kappa shape index (κ2) is 9.43. The number of methoxy groups -OCH3 is 2. The predicted octanol–water partition coefficient (Wildman–Crippen LogP) is 3.98. The highest BCUT2D eigenvalue weighted by Crippen LogP contribution is 2.34. The molecule has 0 saturated heterocycles. The summed E-state index contributed by atoms with van der Waals surface area (Å²) in [6, 6.07) is 16.1. The number of ether oxygens (including phenoxy) is 3. The maximum atomic E-state index is 13.2. The molecule has 0 aliphatic heterocycles. The summed E-state index contributed by atoms with van der Waals surface area (Å²) in [5, 5.41) is 6.28. The van der Waals surface area contributed by atoms with Crippen molar-refractivity contribution in [3.63, 3.8) is 0 Å². The van der Waals surface area contributed by atoms with Crippen LogP contribution in [0.15, 0.2) is 77.2 Å². The van der Waals surface area contributed by atoms with Gasteiger partial charge in [0.05, 0.1) is 25.6 Å². The van der Waals surface area contributed by atoms with Gasteiger partial charge in [-0.3, -0.25) is 9.20 Å². The van der Waals surface area contributed by atoms with Crippen molar-refractivity contribution >= 4 is 22.3 Å². The fraction of sp³-hybridized carbons (Fsp3) is 0.120. The third-order valence-electron chi connectivity index (χ3n) is 5.33. The van der Waals surface area contributed by atoms with E-state index in [0.717, 1.165) is 5.69 Å². The Hall–Kier alpha value is -4.44. The molecule has 9 nitrogen and oxygen atoms in total. The SMILES string of the molecule is COc1ccc(-c2cn(-c3ccccc3)nc2C(=O)OCc2cc(=O)n3ccsc3n2)cc1OC. The van der Waals surface area contributed by atoms with Gasteiger partial charge >= 0.3 is 5.97 Å². The van der Waals surface area contributed by atoms with Crippen LogP contribution in [0.5, 0.6) is 11.5 Å². The lowest BCUT2D eigenvalue weighted by molar-refractivity contribution is 0.0461. The van der Waals surface area contributed by atoms with Gasteiger partial charge in [-0.1, -0.05) is 24.3 Å². The Balaban J connectivity index is 1.50. The molecule has 5 aromatic rings. The molecule has 3 aromatic heterocycles. The summed E-state index contributed by atoms with van der Waals surface area (Å²) in [5.74, 6) is 0.445. The molecule has 3 heterocycles. The largest absolute Gasteiger partial charge is 0.493 e. The van der Waals surface area contributed by atoms with Gasteiger partial charge in [0, 0.05) is 29.4 Å². The second-order valence-corrected chi connectivity index (χ2v) is 8.33. The summed E-state index contributed by atoms with van der Waals surface area (Å²) in [4.78, 5) is 30.3. The lowest BCUT2D eigenvalue weighted by atomic mass is 10.1. The van der Waals surface area contributed by atoms with Gasteiger partial charge in [-0.25, -0.2) is 14.5 Å². The minimum atomic E-state index is -0.641. The number of benzene rings is 2.